The number of hydrogen-bond acceptors (Lipinski definition) is 7. The molecule has 8 unspecified atom stereocenters. The zero-order chi connectivity index (χ0) is 28.7. The smallest absolute Gasteiger partial charge is 0.315 e. The topological polar surface area (TPSA) is 78.9 Å². The Kier molecular flexibility index (Phi) is 7.07. The lowest BCUT2D eigenvalue weighted by Gasteiger charge is -2.46. The van der Waals surface area contributed by atoms with Crippen LogP contribution in [0.1, 0.15) is 103 Å². The minimum absolute atomic E-state index is 0.110. The van der Waals surface area contributed by atoms with E-state index in [2.05, 4.69) is 54.2 Å². The first kappa shape index (κ1) is 28.1. The van der Waals surface area contributed by atoms with Crippen molar-refractivity contribution in [1.29, 1.82) is 0 Å². The van der Waals surface area contributed by atoms with Crippen LogP contribution in [0.3, 0.4) is 0 Å². The summed E-state index contributed by atoms with van der Waals surface area (Å²) in [6, 6.07) is 3.91. The minimum atomic E-state index is -0.677. The van der Waals surface area contributed by atoms with Gasteiger partial charge in [-0.25, -0.2) is 0 Å². The van der Waals surface area contributed by atoms with Crippen molar-refractivity contribution in [2.45, 2.75) is 109 Å². The van der Waals surface area contributed by atoms with Gasteiger partial charge in [0.05, 0.1) is 17.3 Å². The average Bonchev–Trinajstić information content (AvgIpc) is 3.47. The van der Waals surface area contributed by atoms with Gasteiger partial charge in [-0.15, -0.1) is 12.6 Å². The third-order valence-corrected chi connectivity index (χ3v) is 11.0. The molecule has 1 heterocycles. The van der Waals surface area contributed by atoms with Gasteiger partial charge in [0.2, 0.25) is 0 Å². The molecule has 1 aromatic rings. The third-order valence-electron chi connectivity index (χ3n) is 10.7. The Hall–Kier alpha value is -2.02. The lowest BCUT2D eigenvalue weighted by atomic mass is 9.59. The van der Waals surface area contributed by atoms with Gasteiger partial charge in [0.25, 0.3) is 0 Å². The summed E-state index contributed by atoms with van der Waals surface area (Å²) in [4.78, 5) is 41.6. The molecule has 4 aliphatic carbocycles. The number of thiol groups is 1. The minimum Gasteiger partial charge on any atom is -0.458 e. The number of carbonyl (C=O) groups excluding carboxylic acids is 3. The summed E-state index contributed by atoms with van der Waals surface area (Å²) in [6.45, 7) is 12.6. The van der Waals surface area contributed by atoms with Crippen LogP contribution in [-0.2, 0) is 23.9 Å². The van der Waals surface area contributed by atoms with Crippen molar-refractivity contribution in [2.75, 3.05) is 0 Å². The molecular formula is C33H44O6S. The molecule has 1 saturated heterocycles. The van der Waals surface area contributed by atoms with Crippen LogP contribution in [0.2, 0.25) is 0 Å². The first-order valence-electron chi connectivity index (χ1n) is 15.4. The van der Waals surface area contributed by atoms with E-state index in [0.717, 1.165) is 28.9 Å². The molecule has 6 nitrogen and oxygen atoms in total. The Morgan fingerprint density at radius 2 is 1.57 bits per heavy atom. The van der Waals surface area contributed by atoms with Crippen LogP contribution < -0.4 is 4.74 Å². The molecule has 0 spiro atoms. The molecule has 0 aromatic heterocycles. The van der Waals surface area contributed by atoms with E-state index in [1.165, 1.54) is 19.3 Å². The normalized spacial score (nSPS) is 39.5. The molecule has 0 amide bonds. The van der Waals surface area contributed by atoms with E-state index in [-0.39, 0.29) is 35.6 Å². The van der Waals surface area contributed by atoms with E-state index in [9.17, 15) is 14.4 Å². The number of hydrogen-bond donors (Lipinski definition) is 1. The standard InChI is InChI=1S/C33H44O6S/c1-15(2)21-10-20(40)11-22(16(3)4)27(21)37-30(34)26-24-12-23-25(26)31(35)38-28(23)29(24)39-32(36)33(6)13-18-7-17(5)8-19(9-18)14-33/h10-11,15-19,23-26,28-29,40H,7-9,12-14H2,1-6H3. The lowest BCUT2D eigenvalue weighted by molar-refractivity contribution is -0.178. The van der Waals surface area contributed by atoms with Gasteiger partial charge in [-0.1, -0.05) is 34.6 Å². The largest absolute Gasteiger partial charge is 0.458 e. The Labute approximate surface area is 243 Å². The third kappa shape index (κ3) is 4.59. The highest BCUT2D eigenvalue weighted by Crippen LogP contribution is 2.60. The summed E-state index contributed by atoms with van der Waals surface area (Å²) in [5.74, 6) is 0.108. The molecule has 5 fully saturated rings. The molecule has 4 saturated carbocycles. The molecule has 4 bridgehead atoms. The van der Waals surface area contributed by atoms with Crippen molar-refractivity contribution in [1.82, 2.24) is 0 Å². The molecule has 40 heavy (non-hydrogen) atoms. The zero-order valence-corrected chi connectivity index (χ0v) is 25.5. The second-order valence-corrected chi connectivity index (χ2v) is 15.1. The van der Waals surface area contributed by atoms with E-state index >= 15 is 0 Å². The second kappa shape index (κ2) is 10.1. The predicted molar refractivity (Wildman–Crippen MR) is 153 cm³/mol. The Morgan fingerprint density at radius 3 is 2.15 bits per heavy atom. The van der Waals surface area contributed by atoms with Gasteiger partial charge < -0.3 is 14.2 Å². The van der Waals surface area contributed by atoms with Crippen molar-refractivity contribution in [3.8, 4) is 5.75 Å². The maximum Gasteiger partial charge on any atom is 0.315 e. The molecule has 1 aromatic carbocycles. The Balaban J connectivity index is 1.24. The highest BCUT2D eigenvalue weighted by Gasteiger charge is 2.70. The fourth-order valence-corrected chi connectivity index (χ4v) is 9.57. The van der Waals surface area contributed by atoms with E-state index in [4.69, 9.17) is 14.2 Å². The summed E-state index contributed by atoms with van der Waals surface area (Å²) in [5.41, 5.74) is 1.32. The lowest BCUT2D eigenvalue weighted by Crippen LogP contribution is -2.48. The summed E-state index contributed by atoms with van der Waals surface area (Å²) in [6.07, 6.45) is 4.85. The molecule has 0 N–H and O–H groups in total. The van der Waals surface area contributed by atoms with Gasteiger partial charge >= 0.3 is 17.9 Å². The molecule has 1 aliphatic heterocycles. The zero-order valence-electron chi connectivity index (χ0n) is 24.6. The van der Waals surface area contributed by atoms with Crippen molar-refractivity contribution in [2.24, 2.45) is 46.8 Å². The van der Waals surface area contributed by atoms with Crippen molar-refractivity contribution in [3.63, 3.8) is 0 Å². The van der Waals surface area contributed by atoms with Gasteiger partial charge in [0.15, 0.2) is 0 Å². The van der Waals surface area contributed by atoms with Gasteiger partial charge in [0.1, 0.15) is 18.0 Å². The summed E-state index contributed by atoms with van der Waals surface area (Å²) >= 11 is 4.59. The first-order chi connectivity index (χ1) is 18.9. The van der Waals surface area contributed by atoms with Crippen LogP contribution in [0.5, 0.6) is 5.75 Å². The molecular weight excluding hydrogens is 524 g/mol. The van der Waals surface area contributed by atoms with Gasteiger partial charge in [-0.2, -0.15) is 0 Å². The maximum absolute atomic E-state index is 13.9. The molecule has 0 radical (unpaired) electrons. The van der Waals surface area contributed by atoms with Crippen LogP contribution in [0.4, 0.5) is 0 Å². The van der Waals surface area contributed by atoms with Crippen LogP contribution in [-0.4, -0.2) is 30.1 Å². The molecule has 218 valence electrons. The Bertz CT molecular complexity index is 1170. The number of rotatable bonds is 6. The monoisotopic (exact) mass is 568 g/mol. The summed E-state index contributed by atoms with van der Waals surface area (Å²) in [5, 5.41) is 0. The van der Waals surface area contributed by atoms with Gasteiger partial charge in [0, 0.05) is 16.7 Å². The van der Waals surface area contributed by atoms with Crippen LogP contribution in [0, 0.1) is 46.8 Å². The second-order valence-electron chi connectivity index (χ2n) is 14.6. The number of ether oxygens (including phenoxy) is 3. The molecule has 5 aliphatic rings. The number of benzene rings is 1. The van der Waals surface area contributed by atoms with Crippen molar-refractivity contribution < 1.29 is 28.6 Å². The fourth-order valence-electron chi connectivity index (χ4n) is 9.29. The van der Waals surface area contributed by atoms with E-state index < -0.39 is 35.4 Å². The number of esters is 3. The van der Waals surface area contributed by atoms with Crippen LogP contribution >= 0.6 is 12.6 Å². The first-order valence-corrected chi connectivity index (χ1v) is 15.8. The average molecular weight is 569 g/mol. The van der Waals surface area contributed by atoms with E-state index in [0.29, 0.717) is 29.9 Å². The SMILES string of the molecule is CC1CC2CC(C1)CC(C)(C(=O)OC1C3CC4C1OC(=O)C4C3C(=O)Oc1c(C(C)C)cc(S)cc1C(C)C)C2. The summed E-state index contributed by atoms with van der Waals surface area (Å²) in [7, 11) is 0. The number of carbonyl (C=O) groups is 3. The van der Waals surface area contributed by atoms with Gasteiger partial charge in [-0.3, -0.25) is 14.4 Å². The van der Waals surface area contributed by atoms with E-state index in [1.54, 1.807) is 0 Å². The number of fused-ring (bicyclic) bond motifs is 3. The van der Waals surface area contributed by atoms with Crippen molar-refractivity contribution >= 4 is 30.5 Å². The highest BCUT2D eigenvalue weighted by atomic mass is 32.1. The van der Waals surface area contributed by atoms with Crippen LogP contribution in [0.15, 0.2) is 17.0 Å². The maximum atomic E-state index is 13.9. The van der Waals surface area contributed by atoms with Crippen molar-refractivity contribution in [3.05, 3.63) is 23.3 Å². The molecule has 8 atom stereocenters. The Morgan fingerprint density at radius 1 is 0.975 bits per heavy atom. The van der Waals surface area contributed by atoms with Gasteiger partial charge in [-0.05, 0) is 98.3 Å². The predicted octanol–water partition coefficient (Wildman–Crippen LogP) is 6.70. The molecule has 7 heteroatoms. The fraction of sp³-hybridized carbons (Fsp3) is 0.727. The van der Waals surface area contributed by atoms with Crippen LogP contribution in [0.25, 0.3) is 0 Å². The highest BCUT2D eigenvalue weighted by molar-refractivity contribution is 7.80. The quantitative estimate of drug-likeness (QED) is 0.234. The molecule has 6 rings (SSSR count). The van der Waals surface area contributed by atoms with E-state index in [1.807, 2.05) is 12.1 Å². The summed E-state index contributed by atoms with van der Waals surface area (Å²) < 4.78 is 18.3.